The van der Waals surface area contributed by atoms with Gasteiger partial charge in [0, 0.05) is 36.4 Å². The highest BCUT2D eigenvalue weighted by Gasteiger charge is 2.19. The first-order chi connectivity index (χ1) is 17.0. The lowest BCUT2D eigenvalue weighted by Crippen LogP contribution is -2.24. The predicted molar refractivity (Wildman–Crippen MR) is 150 cm³/mol. The molecule has 0 atom stereocenters. The lowest BCUT2D eigenvalue weighted by atomic mass is 10.0. The number of nitrogens with one attached hydrogen (secondary N) is 1. The minimum Gasteiger partial charge on any atom is -0.356 e. The lowest BCUT2D eigenvalue weighted by molar-refractivity contribution is -0.121. The summed E-state index contributed by atoms with van der Waals surface area (Å²) < 4.78 is 2.33. The van der Waals surface area contributed by atoms with Crippen LogP contribution in [0.4, 0.5) is 0 Å². The number of hydrogen-bond acceptors (Lipinski definition) is 3. The standard InChI is InChI=1S/C30H41N3OS/c1-5-7-8-9-10-12-27(34)31-21-11-22-35-30-32-28(25-17-13-23(3)14-18-25)29(33(30)6-2)26-19-15-24(4)16-20-26/h13-20H,5-12,21-22H2,1-4H3,(H,31,34). The Morgan fingerprint density at radius 1 is 0.857 bits per heavy atom. The summed E-state index contributed by atoms with van der Waals surface area (Å²) in [6.07, 6.45) is 7.48. The second-order valence-corrected chi connectivity index (χ2v) is 10.3. The van der Waals surface area contributed by atoms with Gasteiger partial charge in [0.05, 0.1) is 11.4 Å². The molecule has 1 heterocycles. The first-order valence-corrected chi connectivity index (χ1v) is 14.2. The van der Waals surface area contributed by atoms with Crippen LogP contribution in [0.2, 0.25) is 0 Å². The second kappa shape index (κ2) is 14.1. The topological polar surface area (TPSA) is 46.9 Å². The van der Waals surface area contributed by atoms with Gasteiger partial charge in [-0.1, -0.05) is 104 Å². The molecule has 1 amide bonds. The summed E-state index contributed by atoms with van der Waals surface area (Å²) in [6.45, 7) is 10.2. The highest BCUT2D eigenvalue weighted by Crippen LogP contribution is 2.36. The van der Waals surface area contributed by atoms with Crippen LogP contribution in [0.15, 0.2) is 53.7 Å². The third-order valence-electron chi connectivity index (χ3n) is 6.28. The average molecular weight is 492 g/mol. The number of hydrogen-bond donors (Lipinski definition) is 1. The number of aryl methyl sites for hydroxylation is 2. The van der Waals surface area contributed by atoms with Crippen LogP contribution >= 0.6 is 11.8 Å². The summed E-state index contributed by atoms with van der Waals surface area (Å²) in [7, 11) is 0. The molecule has 0 spiro atoms. The molecular formula is C30H41N3OS. The van der Waals surface area contributed by atoms with Gasteiger partial charge in [0.2, 0.25) is 5.91 Å². The summed E-state index contributed by atoms with van der Waals surface area (Å²) in [5.41, 5.74) is 7.05. The quantitative estimate of drug-likeness (QED) is 0.185. The summed E-state index contributed by atoms with van der Waals surface area (Å²) in [5, 5.41) is 4.13. The molecule has 188 valence electrons. The van der Waals surface area contributed by atoms with E-state index in [-0.39, 0.29) is 5.91 Å². The number of carbonyl (C=O) groups excluding carboxylic acids is 1. The fourth-order valence-corrected chi connectivity index (χ4v) is 5.20. The van der Waals surface area contributed by atoms with Gasteiger partial charge in [0.15, 0.2) is 5.16 Å². The van der Waals surface area contributed by atoms with E-state index >= 15 is 0 Å². The van der Waals surface area contributed by atoms with Crippen molar-refractivity contribution in [2.24, 2.45) is 0 Å². The number of unbranched alkanes of at least 4 members (excludes halogenated alkanes) is 4. The van der Waals surface area contributed by atoms with Gasteiger partial charge in [-0.2, -0.15) is 0 Å². The Labute approximate surface area is 215 Å². The van der Waals surface area contributed by atoms with Crippen molar-refractivity contribution in [1.82, 2.24) is 14.9 Å². The number of rotatable bonds is 14. The van der Waals surface area contributed by atoms with E-state index in [1.165, 1.54) is 41.6 Å². The summed E-state index contributed by atoms with van der Waals surface area (Å²) >= 11 is 1.78. The monoisotopic (exact) mass is 491 g/mol. The van der Waals surface area contributed by atoms with Gasteiger partial charge in [-0.25, -0.2) is 4.98 Å². The Kier molecular flexibility index (Phi) is 10.9. The Bertz CT molecular complexity index is 1050. The number of nitrogens with zero attached hydrogens (tertiary/aromatic N) is 2. The summed E-state index contributed by atoms with van der Waals surface area (Å²) in [6, 6.07) is 17.4. The van der Waals surface area contributed by atoms with Gasteiger partial charge >= 0.3 is 0 Å². The van der Waals surface area contributed by atoms with Gasteiger partial charge in [-0.3, -0.25) is 4.79 Å². The molecule has 1 N–H and O–H groups in total. The van der Waals surface area contributed by atoms with Gasteiger partial charge in [-0.05, 0) is 33.6 Å². The molecule has 2 aromatic carbocycles. The molecule has 0 bridgehead atoms. The molecule has 0 aliphatic heterocycles. The molecule has 35 heavy (non-hydrogen) atoms. The zero-order valence-electron chi connectivity index (χ0n) is 21.9. The molecule has 3 aromatic rings. The third kappa shape index (κ3) is 7.99. The summed E-state index contributed by atoms with van der Waals surface area (Å²) in [5.74, 6) is 1.11. The van der Waals surface area contributed by atoms with Crippen molar-refractivity contribution in [2.75, 3.05) is 12.3 Å². The molecular weight excluding hydrogens is 450 g/mol. The van der Waals surface area contributed by atoms with Crippen molar-refractivity contribution in [3.8, 4) is 22.5 Å². The molecule has 4 nitrogen and oxygen atoms in total. The van der Waals surface area contributed by atoms with Gasteiger partial charge in [-0.15, -0.1) is 0 Å². The van der Waals surface area contributed by atoms with E-state index in [1.54, 1.807) is 11.8 Å². The van der Waals surface area contributed by atoms with Crippen LogP contribution in [-0.2, 0) is 11.3 Å². The maximum absolute atomic E-state index is 12.1. The molecule has 1 aromatic heterocycles. The Hall–Kier alpha value is -2.53. The summed E-state index contributed by atoms with van der Waals surface area (Å²) in [4.78, 5) is 17.2. The van der Waals surface area contributed by atoms with E-state index in [9.17, 15) is 4.79 Å². The van der Waals surface area contributed by atoms with Crippen molar-refractivity contribution in [3.05, 3.63) is 59.7 Å². The van der Waals surface area contributed by atoms with Crippen molar-refractivity contribution in [1.29, 1.82) is 0 Å². The molecule has 0 aliphatic rings. The second-order valence-electron chi connectivity index (χ2n) is 9.28. The van der Waals surface area contributed by atoms with Crippen LogP contribution in [0, 0.1) is 13.8 Å². The largest absolute Gasteiger partial charge is 0.356 e. The zero-order chi connectivity index (χ0) is 25.0. The molecule has 5 heteroatoms. The van der Waals surface area contributed by atoms with Crippen LogP contribution in [0.25, 0.3) is 22.5 Å². The van der Waals surface area contributed by atoms with Crippen LogP contribution < -0.4 is 5.32 Å². The van der Waals surface area contributed by atoms with Crippen molar-refractivity contribution in [2.45, 2.75) is 84.3 Å². The molecule has 0 aliphatic carbocycles. The van der Waals surface area contributed by atoms with Crippen molar-refractivity contribution < 1.29 is 4.79 Å². The fraction of sp³-hybridized carbons (Fsp3) is 0.467. The maximum atomic E-state index is 12.1. The molecule has 0 radical (unpaired) electrons. The fourth-order valence-electron chi connectivity index (χ4n) is 4.19. The first-order valence-electron chi connectivity index (χ1n) is 13.2. The molecule has 0 fully saturated rings. The van der Waals surface area contributed by atoms with Gasteiger partial charge in [0.25, 0.3) is 0 Å². The SMILES string of the molecule is CCCCCCCC(=O)NCCCSc1nc(-c2ccc(C)cc2)c(-c2ccc(C)cc2)n1CC. The van der Waals surface area contributed by atoms with E-state index in [1.807, 2.05) is 0 Å². The molecule has 0 saturated carbocycles. The molecule has 3 rings (SSSR count). The number of thioether (sulfide) groups is 1. The van der Waals surface area contributed by atoms with Crippen LogP contribution in [-0.4, -0.2) is 27.8 Å². The zero-order valence-corrected chi connectivity index (χ0v) is 22.7. The predicted octanol–water partition coefficient (Wildman–Crippen LogP) is 7.81. The molecule has 0 unspecified atom stereocenters. The van der Waals surface area contributed by atoms with E-state index in [4.69, 9.17) is 4.98 Å². The number of benzene rings is 2. The normalized spacial score (nSPS) is 11.1. The number of carbonyl (C=O) groups is 1. The van der Waals surface area contributed by atoms with Gasteiger partial charge < -0.3 is 9.88 Å². The van der Waals surface area contributed by atoms with Crippen molar-refractivity contribution in [3.63, 3.8) is 0 Å². The first kappa shape index (κ1) is 27.1. The minimum atomic E-state index is 0.185. The highest BCUT2D eigenvalue weighted by molar-refractivity contribution is 7.99. The molecule has 0 saturated heterocycles. The smallest absolute Gasteiger partial charge is 0.219 e. The minimum absolute atomic E-state index is 0.185. The van der Waals surface area contributed by atoms with Crippen LogP contribution in [0.3, 0.4) is 0 Å². The van der Waals surface area contributed by atoms with Gasteiger partial charge in [0.1, 0.15) is 0 Å². The number of aromatic nitrogens is 2. The highest BCUT2D eigenvalue weighted by atomic mass is 32.2. The van der Waals surface area contributed by atoms with E-state index in [0.29, 0.717) is 6.42 Å². The number of amides is 1. The lowest BCUT2D eigenvalue weighted by Gasteiger charge is -2.11. The van der Waals surface area contributed by atoms with Crippen molar-refractivity contribution >= 4 is 17.7 Å². The van der Waals surface area contributed by atoms with E-state index in [2.05, 4.69) is 86.1 Å². The number of imidazole rings is 1. The maximum Gasteiger partial charge on any atom is 0.219 e. The Morgan fingerprint density at radius 2 is 1.49 bits per heavy atom. The average Bonchev–Trinajstić information content (AvgIpc) is 3.23. The Morgan fingerprint density at radius 3 is 2.11 bits per heavy atom. The van der Waals surface area contributed by atoms with Crippen LogP contribution in [0.5, 0.6) is 0 Å². The third-order valence-corrected chi connectivity index (χ3v) is 7.34. The Balaban J connectivity index is 1.65. The van der Waals surface area contributed by atoms with E-state index in [0.717, 1.165) is 54.5 Å². The van der Waals surface area contributed by atoms with Crippen LogP contribution in [0.1, 0.15) is 69.9 Å². The van der Waals surface area contributed by atoms with E-state index < -0.39 is 0 Å².